The number of hydrogen-bond acceptors (Lipinski definition) is 5. The molecule has 122 valence electrons. The summed E-state index contributed by atoms with van der Waals surface area (Å²) in [5, 5.41) is 11.0. The van der Waals surface area contributed by atoms with Gasteiger partial charge >= 0.3 is 0 Å². The lowest BCUT2D eigenvalue weighted by Crippen LogP contribution is -2.32. The van der Waals surface area contributed by atoms with E-state index in [1.807, 2.05) is 18.2 Å². The Morgan fingerprint density at radius 2 is 2.04 bits per heavy atom. The van der Waals surface area contributed by atoms with E-state index in [0.29, 0.717) is 11.4 Å². The van der Waals surface area contributed by atoms with Gasteiger partial charge in [0.15, 0.2) is 5.82 Å². The Balaban J connectivity index is 1.67. The number of carbonyl (C=O) groups is 1. The molecular weight excluding hydrogens is 423 g/mol. The van der Waals surface area contributed by atoms with Gasteiger partial charge in [-0.25, -0.2) is 14.3 Å². The molecule has 1 aromatic carbocycles. The number of aromatic nitrogens is 5. The number of nitrogens with zero attached hydrogens (tertiary/aromatic N) is 5. The van der Waals surface area contributed by atoms with Gasteiger partial charge in [0.1, 0.15) is 12.7 Å². The zero-order valence-electron chi connectivity index (χ0n) is 12.5. The average Bonchev–Trinajstić information content (AvgIpc) is 3.11. The first-order valence-electron chi connectivity index (χ1n) is 7.11. The molecule has 1 N–H and O–H groups in total. The highest BCUT2D eigenvalue weighted by molar-refractivity contribution is 14.1. The van der Waals surface area contributed by atoms with E-state index in [0.717, 1.165) is 3.57 Å². The number of rotatable bonds is 5. The fourth-order valence-electron chi connectivity index (χ4n) is 2.06. The van der Waals surface area contributed by atoms with Crippen LogP contribution >= 0.6 is 22.6 Å². The van der Waals surface area contributed by atoms with Gasteiger partial charge in [0.2, 0.25) is 0 Å². The van der Waals surface area contributed by atoms with Gasteiger partial charge in [-0.15, -0.1) is 5.10 Å². The number of hydrogen-bond donors (Lipinski definition) is 1. The average molecular weight is 436 g/mol. The van der Waals surface area contributed by atoms with Crippen LogP contribution in [0.25, 0.3) is 5.82 Å². The van der Waals surface area contributed by atoms with E-state index in [1.54, 1.807) is 12.1 Å². The largest absolute Gasteiger partial charge is 0.350 e. The zero-order chi connectivity index (χ0) is 16.9. The Labute approximate surface area is 150 Å². The first-order valence-corrected chi connectivity index (χ1v) is 8.19. The highest BCUT2D eigenvalue weighted by Crippen LogP contribution is 2.10. The first-order chi connectivity index (χ1) is 11.6. The van der Waals surface area contributed by atoms with Crippen molar-refractivity contribution in [3.63, 3.8) is 0 Å². The molecule has 3 rings (SSSR count). The predicted molar refractivity (Wildman–Crippen MR) is 94.9 cm³/mol. The molecule has 8 nitrogen and oxygen atoms in total. The molecule has 0 bridgehead atoms. The van der Waals surface area contributed by atoms with Crippen molar-refractivity contribution < 1.29 is 4.79 Å². The Bertz CT molecular complexity index is 906. The van der Waals surface area contributed by atoms with Crippen LogP contribution in [0.3, 0.4) is 0 Å². The van der Waals surface area contributed by atoms with Crippen molar-refractivity contribution in [2.75, 3.05) is 6.54 Å². The number of amides is 1. The quantitative estimate of drug-likeness (QED) is 0.599. The Kier molecular flexibility index (Phi) is 4.99. The van der Waals surface area contributed by atoms with Crippen molar-refractivity contribution in [2.24, 2.45) is 0 Å². The van der Waals surface area contributed by atoms with Crippen LogP contribution in [-0.4, -0.2) is 37.0 Å². The van der Waals surface area contributed by atoms with Crippen LogP contribution in [0.15, 0.2) is 53.8 Å². The van der Waals surface area contributed by atoms with Gasteiger partial charge in [0, 0.05) is 16.2 Å². The molecule has 0 aliphatic rings. The van der Waals surface area contributed by atoms with Crippen LogP contribution in [-0.2, 0) is 6.54 Å². The molecule has 0 saturated carbocycles. The topological polar surface area (TPSA) is 94.7 Å². The summed E-state index contributed by atoms with van der Waals surface area (Å²) in [6.45, 7) is 0.550. The van der Waals surface area contributed by atoms with Gasteiger partial charge in [-0.05, 0) is 40.8 Å². The fourth-order valence-corrected chi connectivity index (χ4v) is 2.70. The van der Waals surface area contributed by atoms with Crippen molar-refractivity contribution >= 4 is 28.5 Å². The summed E-state index contributed by atoms with van der Waals surface area (Å²) in [4.78, 5) is 27.9. The van der Waals surface area contributed by atoms with Crippen molar-refractivity contribution in [1.82, 2.24) is 29.9 Å². The molecule has 0 saturated heterocycles. The molecule has 0 radical (unpaired) electrons. The third-order valence-electron chi connectivity index (χ3n) is 3.23. The minimum Gasteiger partial charge on any atom is -0.350 e. The van der Waals surface area contributed by atoms with Gasteiger partial charge < -0.3 is 5.32 Å². The maximum atomic E-state index is 12.1. The number of halogens is 1. The van der Waals surface area contributed by atoms with Crippen LogP contribution in [0.4, 0.5) is 0 Å². The van der Waals surface area contributed by atoms with Crippen LogP contribution in [0.2, 0.25) is 0 Å². The lowest BCUT2D eigenvalue weighted by Gasteiger charge is -2.09. The molecular formula is C15H13IN6O2. The Morgan fingerprint density at radius 1 is 1.21 bits per heavy atom. The van der Waals surface area contributed by atoms with Gasteiger partial charge in [-0.1, -0.05) is 12.1 Å². The molecule has 0 fully saturated rings. The lowest BCUT2D eigenvalue weighted by atomic mass is 10.2. The molecule has 1 amide bonds. The van der Waals surface area contributed by atoms with E-state index in [4.69, 9.17) is 0 Å². The molecule has 24 heavy (non-hydrogen) atoms. The van der Waals surface area contributed by atoms with Gasteiger partial charge in [-0.3, -0.25) is 9.59 Å². The van der Waals surface area contributed by atoms with Crippen molar-refractivity contribution in [2.45, 2.75) is 6.54 Å². The van der Waals surface area contributed by atoms with E-state index in [-0.39, 0.29) is 24.6 Å². The molecule has 9 heteroatoms. The zero-order valence-corrected chi connectivity index (χ0v) is 14.6. The minimum atomic E-state index is -0.248. The lowest BCUT2D eigenvalue weighted by molar-refractivity contribution is 0.0951. The molecule has 0 spiro atoms. The smallest absolute Gasteiger partial charge is 0.266 e. The normalized spacial score (nSPS) is 10.5. The summed E-state index contributed by atoms with van der Waals surface area (Å²) in [7, 11) is 0. The summed E-state index contributed by atoms with van der Waals surface area (Å²) in [5.41, 5.74) is 0.358. The van der Waals surface area contributed by atoms with Crippen molar-refractivity contribution in [3.05, 3.63) is 68.5 Å². The van der Waals surface area contributed by atoms with E-state index >= 15 is 0 Å². The molecule has 2 aromatic heterocycles. The summed E-state index contributed by atoms with van der Waals surface area (Å²) >= 11 is 2.11. The highest BCUT2D eigenvalue weighted by atomic mass is 127. The molecule has 2 heterocycles. The van der Waals surface area contributed by atoms with E-state index in [2.05, 4.69) is 43.1 Å². The third kappa shape index (κ3) is 3.67. The molecule has 0 unspecified atom stereocenters. The third-order valence-corrected chi connectivity index (χ3v) is 4.17. The van der Waals surface area contributed by atoms with Crippen LogP contribution in [0.5, 0.6) is 0 Å². The molecule has 0 aliphatic carbocycles. The summed E-state index contributed by atoms with van der Waals surface area (Å²) in [6, 6.07) is 10.3. The number of nitrogens with one attached hydrogen (secondary N) is 1. The van der Waals surface area contributed by atoms with Gasteiger partial charge in [-0.2, -0.15) is 5.10 Å². The van der Waals surface area contributed by atoms with Crippen molar-refractivity contribution in [1.29, 1.82) is 0 Å². The summed E-state index contributed by atoms with van der Waals surface area (Å²) in [6.07, 6.45) is 2.88. The van der Waals surface area contributed by atoms with E-state index in [9.17, 15) is 9.59 Å². The summed E-state index contributed by atoms with van der Waals surface area (Å²) in [5.74, 6) is 0.302. The molecule has 0 aliphatic heterocycles. The molecule has 3 aromatic rings. The van der Waals surface area contributed by atoms with Crippen molar-refractivity contribution in [3.8, 4) is 5.82 Å². The van der Waals surface area contributed by atoms with E-state index in [1.165, 1.54) is 28.1 Å². The Hall–Kier alpha value is -2.56. The van der Waals surface area contributed by atoms with Gasteiger partial charge in [0.25, 0.3) is 11.5 Å². The van der Waals surface area contributed by atoms with Crippen LogP contribution < -0.4 is 10.9 Å². The summed E-state index contributed by atoms with van der Waals surface area (Å²) < 4.78 is 3.62. The van der Waals surface area contributed by atoms with Crippen LogP contribution in [0.1, 0.15) is 10.4 Å². The SMILES string of the molecule is O=C(NCCn1nc(-n2cncn2)ccc1=O)c1ccccc1I. The standard InChI is InChI=1S/C15H13IN6O2/c16-12-4-2-1-3-11(12)15(24)18-7-8-21-14(23)6-5-13(20-21)22-10-17-9-19-22/h1-6,9-10H,7-8H2,(H,18,24). The van der Waals surface area contributed by atoms with Crippen LogP contribution in [0, 0.1) is 3.57 Å². The minimum absolute atomic E-state index is 0.180. The second-order valence-corrected chi connectivity index (χ2v) is 5.99. The number of carbonyl (C=O) groups excluding carboxylic acids is 1. The first kappa shape index (κ1) is 16.3. The second kappa shape index (κ2) is 7.34. The number of benzene rings is 1. The second-order valence-electron chi connectivity index (χ2n) is 4.83. The molecule has 0 atom stereocenters. The maximum absolute atomic E-state index is 12.1. The van der Waals surface area contributed by atoms with E-state index < -0.39 is 0 Å². The van der Waals surface area contributed by atoms with Gasteiger partial charge in [0.05, 0.1) is 12.1 Å². The Morgan fingerprint density at radius 3 is 2.79 bits per heavy atom. The predicted octanol–water partition coefficient (Wildman–Crippen LogP) is 0.859. The highest BCUT2D eigenvalue weighted by Gasteiger charge is 2.09. The maximum Gasteiger partial charge on any atom is 0.266 e. The fraction of sp³-hybridized carbons (Fsp3) is 0.133. The monoisotopic (exact) mass is 436 g/mol.